The molecule has 0 saturated heterocycles. The number of aliphatic hydroxyl groups excluding tert-OH is 1. The average molecular weight is 354 g/mol. The van der Waals surface area contributed by atoms with Gasteiger partial charge in [0, 0.05) is 13.1 Å². The number of hydrogen-bond acceptors (Lipinski definition) is 6. The molecule has 0 fully saturated rings. The monoisotopic (exact) mass is 354 g/mol. The molecule has 1 N–H and O–H groups in total. The maximum Gasteiger partial charge on any atom is 0.231 e. The Morgan fingerprint density at radius 3 is 2.69 bits per heavy atom. The number of fused-ring (bicyclic) bond motifs is 1. The third-order valence-corrected chi connectivity index (χ3v) is 4.19. The van der Waals surface area contributed by atoms with Gasteiger partial charge in [-0.2, -0.15) is 5.26 Å². The number of aliphatic hydroxyl groups is 1. The van der Waals surface area contributed by atoms with Crippen molar-refractivity contribution in [3.8, 4) is 23.3 Å². The third kappa shape index (κ3) is 4.66. The Morgan fingerprint density at radius 1 is 1.19 bits per heavy atom. The fourth-order valence-corrected chi connectivity index (χ4v) is 2.77. The first-order valence-corrected chi connectivity index (χ1v) is 8.60. The Kier molecular flexibility index (Phi) is 5.95. The number of benzene rings is 2. The van der Waals surface area contributed by atoms with Gasteiger partial charge in [-0.25, -0.2) is 0 Å². The zero-order chi connectivity index (χ0) is 18.4. The van der Waals surface area contributed by atoms with Gasteiger partial charge in [0.05, 0.1) is 11.6 Å². The lowest BCUT2D eigenvalue weighted by atomic mass is 10.2. The summed E-state index contributed by atoms with van der Waals surface area (Å²) in [7, 11) is 0. The van der Waals surface area contributed by atoms with Crippen LogP contribution in [0.15, 0.2) is 42.5 Å². The van der Waals surface area contributed by atoms with Gasteiger partial charge in [-0.3, -0.25) is 4.90 Å². The van der Waals surface area contributed by atoms with E-state index in [9.17, 15) is 5.11 Å². The number of nitrogens with zero attached hydrogens (tertiary/aromatic N) is 2. The van der Waals surface area contributed by atoms with Crippen LogP contribution < -0.4 is 14.2 Å². The Balaban J connectivity index is 1.49. The molecule has 0 aromatic heterocycles. The molecule has 1 aliphatic rings. The Labute approximate surface area is 153 Å². The first-order chi connectivity index (χ1) is 12.7. The molecule has 3 rings (SSSR count). The van der Waals surface area contributed by atoms with E-state index >= 15 is 0 Å². The van der Waals surface area contributed by atoms with E-state index in [4.69, 9.17) is 19.5 Å². The molecule has 136 valence electrons. The second-order valence-corrected chi connectivity index (χ2v) is 6.12. The van der Waals surface area contributed by atoms with Gasteiger partial charge in [0.25, 0.3) is 0 Å². The van der Waals surface area contributed by atoms with Crippen LogP contribution in [0.25, 0.3) is 0 Å². The zero-order valence-corrected chi connectivity index (χ0v) is 14.7. The van der Waals surface area contributed by atoms with Crippen LogP contribution >= 0.6 is 0 Å². The molecule has 6 nitrogen and oxygen atoms in total. The van der Waals surface area contributed by atoms with Gasteiger partial charge in [-0.1, -0.05) is 13.0 Å². The zero-order valence-electron chi connectivity index (χ0n) is 14.7. The van der Waals surface area contributed by atoms with E-state index in [-0.39, 0.29) is 13.4 Å². The molecule has 0 amide bonds. The van der Waals surface area contributed by atoms with Gasteiger partial charge >= 0.3 is 0 Å². The average Bonchev–Trinajstić information content (AvgIpc) is 3.14. The summed E-state index contributed by atoms with van der Waals surface area (Å²) in [6.07, 6.45) is -0.611. The fourth-order valence-electron chi connectivity index (χ4n) is 2.77. The lowest BCUT2D eigenvalue weighted by Crippen LogP contribution is -2.35. The van der Waals surface area contributed by atoms with E-state index in [0.29, 0.717) is 24.4 Å². The van der Waals surface area contributed by atoms with Crippen LogP contribution in [0.1, 0.15) is 18.1 Å². The van der Waals surface area contributed by atoms with Gasteiger partial charge in [0.15, 0.2) is 11.5 Å². The van der Waals surface area contributed by atoms with Crippen molar-refractivity contribution in [2.75, 3.05) is 26.5 Å². The smallest absolute Gasteiger partial charge is 0.231 e. The number of likely N-dealkylation sites (N-methyl/N-ethyl adjacent to an activating group) is 1. The highest BCUT2D eigenvalue weighted by Gasteiger charge is 2.16. The summed E-state index contributed by atoms with van der Waals surface area (Å²) in [4.78, 5) is 2.14. The Bertz CT molecular complexity index is 770. The van der Waals surface area contributed by atoms with Crippen molar-refractivity contribution in [2.45, 2.75) is 19.6 Å². The predicted octanol–water partition coefficient (Wildman–Crippen LogP) is 2.55. The fraction of sp³-hybridized carbons (Fsp3) is 0.350. The van der Waals surface area contributed by atoms with Gasteiger partial charge in [-0.05, 0) is 48.5 Å². The first kappa shape index (κ1) is 18.1. The van der Waals surface area contributed by atoms with Crippen LogP contribution in [-0.2, 0) is 6.54 Å². The molecule has 6 heteroatoms. The van der Waals surface area contributed by atoms with E-state index in [1.54, 1.807) is 24.3 Å². The summed E-state index contributed by atoms with van der Waals surface area (Å²) in [6.45, 7) is 4.54. The Hall–Kier alpha value is -2.75. The van der Waals surface area contributed by atoms with Crippen LogP contribution in [0, 0.1) is 11.3 Å². The summed E-state index contributed by atoms with van der Waals surface area (Å²) >= 11 is 0. The number of hydrogen-bond donors (Lipinski definition) is 1. The molecule has 26 heavy (non-hydrogen) atoms. The summed E-state index contributed by atoms with van der Waals surface area (Å²) in [6, 6.07) is 14.8. The molecule has 0 aliphatic carbocycles. The topological polar surface area (TPSA) is 75.0 Å². The highest BCUT2D eigenvalue weighted by molar-refractivity contribution is 5.44. The van der Waals surface area contributed by atoms with Gasteiger partial charge < -0.3 is 19.3 Å². The summed E-state index contributed by atoms with van der Waals surface area (Å²) < 4.78 is 16.3. The van der Waals surface area contributed by atoms with Crippen LogP contribution in [0.3, 0.4) is 0 Å². The molecule has 2 aromatic carbocycles. The molecular formula is C20H22N2O4. The van der Waals surface area contributed by atoms with Crippen molar-refractivity contribution in [3.05, 3.63) is 53.6 Å². The molecule has 2 aromatic rings. The minimum absolute atomic E-state index is 0.198. The third-order valence-electron chi connectivity index (χ3n) is 4.19. The highest BCUT2D eigenvalue weighted by atomic mass is 16.7. The maximum atomic E-state index is 10.3. The van der Waals surface area contributed by atoms with E-state index in [0.717, 1.165) is 23.6 Å². The Morgan fingerprint density at radius 2 is 1.96 bits per heavy atom. The standard InChI is InChI=1S/C20H22N2O4/c1-2-22(11-16-5-8-19-20(9-16)26-14-25-19)12-17(23)13-24-18-6-3-15(10-21)4-7-18/h3-9,17,23H,2,11-14H2,1H3/t17-/m0/s1. The molecular weight excluding hydrogens is 332 g/mol. The summed E-state index contributed by atoms with van der Waals surface area (Å²) in [5.41, 5.74) is 1.69. The van der Waals surface area contributed by atoms with Gasteiger partial charge in [0.2, 0.25) is 6.79 Å². The van der Waals surface area contributed by atoms with Crippen molar-refractivity contribution in [1.82, 2.24) is 4.90 Å². The molecule has 0 spiro atoms. The minimum atomic E-state index is -0.611. The molecule has 0 radical (unpaired) electrons. The largest absolute Gasteiger partial charge is 0.491 e. The van der Waals surface area contributed by atoms with Crippen molar-refractivity contribution < 1.29 is 19.3 Å². The lowest BCUT2D eigenvalue weighted by molar-refractivity contribution is 0.0674. The van der Waals surface area contributed by atoms with E-state index < -0.39 is 6.10 Å². The normalized spacial score (nSPS) is 13.5. The first-order valence-electron chi connectivity index (χ1n) is 8.60. The molecule has 1 aliphatic heterocycles. The molecule has 0 unspecified atom stereocenters. The van der Waals surface area contributed by atoms with E-state index in [2.05, 4.69) is 17.9 Å². The van der Waals surface area contributed by atoms with Crippen LogP contribution in [0.2, 0.25) is 0 Å². The summed E-state index contributed by atoms with van der Waals surface area (Å²) in [5, 5.41) is 19.1. The van der Waals surface area contributed by atoms with Gasteiger partial charge in [0.1, 0.15) is 18.5 Å². The second kappa shape index (κ2) is 8.56. The SMILES string of the molecule is CCN(Cc1ccc2c(c1)OCO2)C[C@H](O)COc1ccc(C#N)cc1. The van der Waals surface area contributed by atoms with Crippen molar-refractivity contribution >= 4 is 0 Å². The second-order valence-electron chi connectivity index (χ2n) is 6.12. The van der Waals surface area contributed by atoms with E-state index in [1.165, 1.54) is 0 Å². The van der Waals surface area contributed by atoms with Crippen LogP contribution in [-0.4, -0.2) is 42.6 Å². The maximum absolute atomic E-state index is 10.3. The van der Waals surface area contributed by atoms with Crippen LogP contribution in [0.5, 0.6) is 17.2 Å². The summed E-state index contributed by atoms with van der Waals surface area (Å²) in [5.74, 6) is 2.18. The molecule has 0 saturated carbocycles. The number of rotatable bonds is 8. The number of ether oxygens (including phenoxy) is 3. The van der Waals surface area contributed by atoms with Crippen molar-refractivity contribution in [2.24, 2.45) is 0 Å². The van der Waals surface area contributed by atoms with Crippen LogP contribution in [0.4, 0.5) is 0 Å². The van der Waals surface area contributed by atoms with Crippen molar-refractivity contribution in [3.63, 3.8) is 0 Å². The molecule has 1 atom stereocenters. The predicted molar refractivity (Wildman–Crippen MR) is 96.2 cm³/mol. The highest BCUT2D eigenvalue weighted by Crippen LogP contribution is 2.32. The lowest BCUT2D eigenvalue weighted by Gasteiger charge is -2.24. The molecule has 1 heterocycles. The number of nitriles is 1. The minimum Gasteiger partial charge on any atom is -0.491 e. The van der Waals surface area contributed by atoms with Crippen molar-refractivity contribution in [1.29, 1.82) is 5.26 Å². The van der Waals surface area contributed by atoms with E-state index in [1.807, 2.05) is 18.2 Å². The van der Waals surface area contributed by atoms with Gasteiger partial charge in [-0.15, -0.1) is 0 Å². The molecule has 0 bridgehead atoms. The quantitative estimate of drug-likeness (QED) is 0.785.